The predicted octanol–water partition coefficient (Wildman–Crippen LogP) is 11.7. The van der Waals surface area contributed by atoms with Crippen molar-refractivity contribution < 1.29 is 42.1 Å². The number of hydrogen-bond donors (Lipinski definition) is 1. The summed E-state index contributed by atoms with van der Waals surface area (Å²) in [5.74, 6) is -0.954. The van der Waals surface area contributed by atoms with E-state index in [1.165, 1.54) is 83.5 Å². The van der Waals surface area contributed by atoms with Crippen LogP contribution in [-0.2, 0) is 32.7 Å². The molecule has 0 saturated heterocycles. The van der Waals surface area contributed by atoms with Crippen molar-refractivity contribution in [2.75, 3.05) is 47.5 Å². The van der Waals surface area contributed by atoms with Crippen LogP contribution in [0.15, 0.2) is 60.8 Å². The zero-order valence-electron chi connectivity index (χ0n) is 34.9. The molecule has 0 aromatic heterocycles. The van der Waals surface area contributed by atoms with Gasteiger partial charge in [0.05, 0.1) is 27.7 Å². The summed E-state index contributed by atoms with van der Waals surface area (Å²) in [5.41, 5.74) is 0. The van der Waals surface area contributed by atoms with Crippen LogP contribution in [0.25, 0.3) is 0 Å². The monoisotopic (exact) mass is 781 g/mol. The van der Waals surface area contributed by atoms with Gasteiger partial charge in [0.15, 0.2) is 6.10 Å². The Kier molecular flexibility index (Phi) is 34.8. The molecule has 0 aromatic carbocycles. The topological polar surface area (TPSA) is 108 Å². The summed E-state index contributed by atoms with van der Waals surface area (Å²) in [5, 5.41) is 0. The third-order valence-corrected chi connectivity index (χ3v) is 9.53. The Hall–Kier alpha value is -2.29. The van der Waals surface area contributed by atoms with E-state index in [1.807, 2.05) is 39.4 Å². The van der Waals surface area contributed by atoms with Crippen LogP contribution in [0.3, 0.4) is 0 Å². The van der Waals surface area contributed by atoms with Crippen molar-refractivity contribution in [3.63, 3.8) is 0 Å². The van der Waals surface area contributed by atoms with Crippen molar-refractivity contribution in [2.24, 2.45) is 0 Å². The summed E-state index contributed by atoms with van der Waals surface area (Å²) in [6.07, 6.45) is 43.0. The van der Waals surface area contributed by atoms with E-state index in [2.05, 4.69) is 56.4 Å². The number of unbranched alkanes of at least 4 members (excludes halogenated alkanes) is 13. The molecule has 0 radical (unpaired) electrons. The van der Waals surface area contributed by atoms with Crippen LogP contribution in [0.2, 0.25) is 0 Å². The molecule has 312 valence electrons. The molecule has 1 N–H and O–H groups in total. The van der Waals surface area contributed by atoms with E-state index in [0.29, 0.717) is 23.9 Å². The summed E-state index contributed by atoms with van der Waals surface area (Å²) < 4.78 is 34.1. The maximum Gasteiger partial charge on any atom is 0.472 e. The molecule has 0 saturated carbocycles. The number of carbonyl (C=O) groups is 2. The minimum absolute atomic E-state index is 0.0124. The smallest absolute Gasteiger partial charge is 0.462 e. The molecule has 0 aromatic rings. The van der Waals surface area contributed by atoms with Gasteiger partial charge in [-0.1, -0.05) is 145 Å². The standard InChI is InChI=1S/C44H78NO8P/c1-6-8-10-12-14-16-18-20-21-22-23-25-27-29-31-33-35-37-44(47)53-42(41-52-54(48,49)51-39-38-45(3,4)5)40-50-43(46)36-34-32-30-28-26-24-19-17-15-13-11-9-7-2/h16,18,21-22,25,27,30-33,42H,6-15,17,19-20,23-24,26,28-29,34-41H2,1-5H3/p+1/b18-16-,22-21-,27-25-,32-30-,33-31-. The van der Waals surface area contributed by atoms with Crippen LogP contribution >= 0.6 is 7.82 Å². The fraction of sp³-hybridized carbons (Fsp3) is 0.727. The summed E-state index contributed by atoms with van der Waals surface area (Å²) in [4.78, 5) is 35.2. The Labute approximate surface area is 330 Å². The first kappa shape index (κ1) is 51.7. The molecule has 0 bridgehead atoms. The van der Waals surface area contributed by atoms with Crippen molar-refractivity contribution in [2.45, 2.75) is 161 Å². The Morgan fingerprint density at radius 1 is 0.574 bits per heavy atom. The van der Waals surface area contributed by atoms with Gasteiger partial charge in [0.1, 0.15) is 19.8 Å². The number of likely N-dealkylation sites (N-methyl/N-ethyl adjacent to an activating group) is 1. The number of esters is 2. The second-order valence-electron chi connectivity index (χ2n) is 15.0. The van der Waals surface area contributed by atoms with Gasteiger partial charge in [0.25, 0.3) is 0 Å². The zero-order valence-corrected chi connectivity index (χ0v) is 35.8. The van der Waals surface area contributed by atoms with Gasteiger partial charge >= 0.3 is 19.8 Å². The minimum Gasteiger partial charge on any atom is -0.462 e. The van der Waals surface area contributed by atoms with Gasteiger partial charge in [-0.25, -0.2) is 4.57 Å². The third-order valence-electron chi connectivity index (χ3n) is 8.55. The number of rotatable bonds is 37. The van der Waals surface area contributed by atoms with Crippen LogP contribution in [0.5, 0.6) is 0 Å². The summed E-state index contributed by atoms with van der Waals surface area (Å²) in [6.45, 7) is 4.25. The molecule has 0 heterocycles. The normalized spacial score (nSPS) is 14.3. The first-order valence-electron chi connectivity index (χ1n) is 21.0. The largest absolute Gasteiger partial charge is 0.472 e. The lowest BCUT2D eigenvalue weighted by molar-refractivity contribution is -0.870. The number of phosphoric acid groups is 1. The van der Waals surface area contributed by atoms with Crippen LogP contribution in [0.4, 0.5) is 0 Å². The lowest BCUT2D eigenvalue weighted by Gasteiger charge is -2.24. The molecule has 2 unspecified atom stereocenters. The minimum atomic E-state index is -4.40. The SMILES string of the molecule is CCCCCC/C=C\C/C=C\C/C=C\C/C=C\CCC(=O)OC(COC(=O)CC/C=C\CCCCCCCCCCC)COP(=O)(O)OCC[N+](C)(C)C. The van der Waals surface area contributed by atoms with Gasteiger partial charge in [-0.2, -0.15) is 0 Å². The highest BCUT2D eigenvalue weighted by Gasteiger charge is 2.27. The molecule has 0 aliphatic heterocycles. The molecule has 9 nitrogen and oxygen atoms in total. The van der Waals surface area contributed by atoms with Crippen molar-refractivity contribution >= 4 is 19.8 Å². The van der Waals surface area contributed by atoms with E-state index in [9.17, 15) is 19.0 Å². The number of allylic oxidation sites excluding steroid dienone is 10. The maximum absolute atomic E-state index is 12.6. The molecule has 2 atom stereocenters. The Bertz CT molecular complexity index is 1110. The lowest BCUT2D eigenvalue weighted by atomic mass is 10.1. The molecule has 0 aliphatic carbocycles. The van der Waals surface area contributed by atoms with E-state index < -0.39 is 32.5 Å². The van der Waals surface area contributed by atoms with Crippen LogP contribution in [-0.4, -0.2) is 74.9 Å². The highest BCUT2D eigenvalue weighted by atomic mass is 31.2. The van der Waals surface area contributed by atoms with E-state index in [-0.39, 0.29) is 26.1 Å². The Morgan fingerprint density at radius 3 is 1.54 bits per heavy atom. The summed E-state index contributed by atoms with van der Waals surface area (Å²) in [6, 6.07) is 0. The van der Waals surface area contributed by atoms with Crippen LogP contribution < -0.4 is 0 Å². The number of nitrogens with zero attached hydrogens (tertiary/aromatic N) is 1. The molecule has 0 amide bonds. The molecule has 54 heavy (non-hydrogen) atoms. The first-order chi connectivity index (χ1) is 26.0. The number of quaternary nitrogens is 1. The van der Waals surface area contributed by atoms with Gasteiger partial charge in [0.2, 0.25) is 0 Å². The van der Waals surface area contributed by atoms with Crippen molar-refractivity contribution in [1.82, 2.24) is 0 Å². The quantitative estimate of drug-likeness (QED) is 0.0218. The molecule has 0 fully saturated rings. The number of carbonyl (C=O) groups excluding carboxylic acids is 2. The van der Waals surface area contributed by atoms with Crippen molar-refractivity contribution in [3.8, 4) is 0 Å². The fourth-order valence-corrected chi connectivity index (χ4v) is 5.95. The summed E-state index contributed by atoms with van der Waals surface area (Å²) in [7, 11) is 1.41. The van der Waals surface area contributed by atoms with Crippen LogP contribution in [0, 0.1) is 0 Å². The van der Waals surface area contributed by atoms with Crippen molar-refractivity contribution in [1.29, 1.82) is 0 Å². The summed E-state index contributed by atoms with van der Waals surface area (Å²) >= 11 is 0. The predicted molar refractivity (Wildman–Crippen MR) is 224 cm³/mol. The molecule has 10 heteroatoms. The Balaban J connectivity index is 4.57. The highest BCUT2D eigenvalue weighted by Crippen LogP contribution is 2.43. The lowest BCUT2D eigenvalue weighted by Crippen LogP contribution is -2.37. The number of phosphoric ester groups is 1. The fourth-order valence-electron chi connectivity index (χ4n) is 5.21. The molecule has 0 spiro atoms. The van der Waals surface area contributed by atoms with Crippen molar-refractivity contribution in [3.05, 3.63) is 60.8 Å². The second-order valence-corrected chi connectivity index (χ2v) is 16.5. The molecule has 0 aliphatic rings. The third kappa shape index (κ3) is 39.4. The average Bonchev–Trinajstić information content (AvgIpc) is 3.12. The Morgan fingerprint density at radius 2 is 1.00 bits per heavy atom. The van der Waals surface area contributed by atoms with Gasteiger partial charge in [0, 0.05) is 12.8 Å². The maximum atomic E-state index is 12.6. The molecular weight excluding hydrogens is 701 g/mol. The number of hydrogen-bond acceptors (Lipinski definition) is 7. The molecule has 0 rings (SSSR count). The molecular formula is C44H79NO8P+. The average molecular weight is 781 g/mol. The van der Waals surface area contributed by atoms with E-state index in [0.717, 1.165) is 32.1 Å². The van der Waals surface area contributed by atoms with Crippen LogP contribution in [0.1, 0.15) is 155 Å². The zero-order chi connectivity index (χ0) is 40.0. The van der Waals surface area contributed by atoms with E-state index in [1.54, 1.807) is 0 Å². The van der Waals surface area contributed by atoms with Gasteiger partial charge in [-0.15, -0.1) is 0 Å². The van der Waals surface area contributed by atoms with E-state index >= 15 is 0 Å². The second kappa shape index (κ2) is 36.4. The number of ether oxygens (including phenoxy) is 2. The first-order valence-corrected chi connectivity index (χ1v) is 22.5. The van der Waals surface area contributed by atoms with E-state index in [4.69, 9.17) is 18.5 Å². The van der Waals surface area contributed by atoms with Gasteiger partial charge < -0.3 is 18.9 Å². The van der Waals surface area contributed by atoms with Gasteiger partial charge in [-0.3, -0.25) is 18.6 Å². The highest BCUT2D eigenvalue weighted by molar-refractivity contribution is 7.47. The van der Waals surface area contributed by atoms with Gasteiger partial charge in [-0.05, 0) is 57.8 Å².